The zero-order chi connectivity index (χ0) is 17.6. The van der Waals surface area contributed by atoms with Crippen molar-refractivity contribution in [1.82, 2.24) is 10.2 Å². The molecule has 1 aliphatic heterocycles. The van der Waals surface area contributed by atoms with Crippen LogP contribution < -0.4 is 5.32 Å². The maximum Gasteiger partial charge on any atom is 0.262 e. The summed E-state index contributed by atoms with van der Waals surface area (Å²) in [5.41, 5.74) is 2.07. The molecule has 1 aromatic carbocycles. The lowest BCUT2D eigenvalue weighted by Gasteiger charge is -2.33. The predicted molar refractivity (Wildman–Crippen MR) is 103 cm³/mol. The minimum atomic E-state index is -0.0153. The van der Waals surface area contributed by atoms with Crippen LogP contribution >= 0.6 is 11.3 Å². The first kappa shape index (κ1) is 18.1. The summed E-state index contributed by atoms with van der Waals surface area (Å²) in [4.78, 5) is 15.8. The minimum Gasteiger partial charge on any atom is -0.374 e. The highest BCUT2D eigenvalue weighted by molar-refractivity contribution is 7.12. The van der Waals surface area contributed by atoms with Crippen molar-refractivity contribution in [2.75, 3.05) is 32.8 Å². The lowest BCUT2D eigenvalue weighted by atomic mass is 10.1. The Bertz CT molecular complexity index is 684. The van der Waals surface area contributed by atoms with E-state index in [1.165, 1.54) is 11.3 Å². The lowest BCUT2D eigenvalue weighted by molar-refractivity contribution is -0.0295. The van der Waals surface area contributed by atoms with E-state index in [4.69, 9.17) is 4.74 Å². The Morgan fingerprint density at radius 3 is 2.88 bits per heavy atom. The van der Waals surface area contributed by atoms with Gasteiger partial charge in [-0.25, -0.2) is 0 Å². The fourth-order valence-corrected chi connectivity index (χ4v) is 4.04. The standard InChI is InChI=1S/C20H26N2O2S/c1-15(2)13-22-9-10-24-17(14-22)12-21-20(23)19-18(8-11-25-19)16-6-4-3-5-7-16/h3-8,11,15,17H,9-10,12-14H2,1-2H3,(H,21,23). The Balaban J connectivity index is 1.58. The molecular weight excluding hydrogens is 332 g/mol. The molecule has 1 aliphatic rings. The summed E-state index contributed by atoms with van der Waals surface area (Å²) < 4.78 is 5.82. The van der Waals surface area contributed by atoms with E-state index in [1.54, 1.807) is 0 Å². The summed E-state index contributed by atoms with van der Waals surface area (Å²) in [5.74, 6) is 0.631. The SMILES string of the molecule is CC(C)CN1CCOC(CNC(=O)c2sccc2-c2ccccc2)C1. The van der Waals surface area contributed by atoms with Gasteiger partial charge in [0.05, 0.1) is 17.6 Å². The van der Waals surface area contributed by atoms with Gasteiger partial charge in [-0.2, -0.15) is 0 Å². The maximum absolute atomic E-state index is 12.6. The molecule has 0 radical (unpaired) electrons. The molecule has 1 N–H and O–H groups in total. The molecule has 25 heavy (non-hydrogen) atoms. The predicted octanol–water partition coefficient (Wildman–Crippen LogP) is 3.50. The Hall–Kier alpha value is -1.69. The van der Waals surface area contributed by atoms with E-state index in [0.29, 0.717) is 12.5 Å². The molecule has 1 amide bonds. The minimum absolute atomic E-state index is 0.0153. The van der Waals surface area contributed by atoms with Gasteiger partial charge < -0.3 is 10.1 Å². The Morgan fingerprint density at radius 1 is 1.32 bits per heavy atom. The number of hydrogen-bond acceptors (Lipinski definition) is 4. The van der Waals surface area contributed by atoms with Gasteiger partial charge in [-0.05, 0) is 22.9 Å². The van der Waals surface area contributed by atoms with Crippen molar-refractivity contribution in [3.05, 3.63) is 46.7 Å². The molecule has 0 spiro atoms. The summed E-state index contributed by atoms with van der Waals surface area (Å²) in [6, 6.07) is 12.1. The van der Waals surface area contributed by atoms with Crippen LogP contribution in [0.2, 0.25) is 0 Å². The van der Waals surface area contributed by atoms with Crippen molar-refractivity contribution in [2.24, 2.45) is 5.92 Å². The number of amides is 1. The number of nitrogens with one attached hydrogen (secondary N) is 1. The van der Waals surface area contributed by atoms with Crippen molar-refractivity contribution >= 4 is 17.2 Å². The average Bonchev–Trinajstić information content (AvgIpc) is 3.10. The third kappa shape index (κ3) is 4.91. The molecule has 4 nitrogen and oxygen atoms in total. The van der Waals surface area contributed by atoms with E-state index in [1.807, 2.05) is 41.8 Å². The van der Waals surface area contributed by atoms with Gasteiger partial charge in [0.2, 0.25) is 0 Å². The van der Waals surface area contributed by atoms with Gasteiger partial charge >= 0.3 is 0 Å². The van der Waals surface area contributed by atoms with Crippen LogP contribution in [0.1, 0.15) is 23.5 Å². The summed E-state index contributed by atoms with van der Waals surface area (Å²) in [6.07, 6.45) is 0.0663. The zero-order valence-corrected chi connectivity index (χ0v) is 15.7. The largest absolute Gasteiger partial charge is 0.374 e. The van der Waals surface area contributed by atoms with Crippen LogP contribution in [-0.2, 0) is 4.74 Å². The van der Waals surface area contributed by atoms with Crippen molar-refractivity contribution in [2.45, 2.75) is 20.0 Å². The maximum atomic E-state index is 12.6. The zero-order valence-electron chi connectivity index (χ0n) is 14.9. The van der Waals surface area contributed by atoms with Gasteiger partial charge in [-0.1, -0.05) is 44.2 Å². The molecule has 2 heterocycles. The van der Waals surface area contributed by atoms with Gasteiger partial charge in [0, 0.05) is 31.7 Å². The number of ether oxygens (including phenoxy) is 1. The van der Waals surface area contributed by atoms with Crippen LogP contribution in [0.15, 0.2) is 41.8 Å². The van der Waals surface area contributed by atoms with Crippen molar-refractivity contribution < 1.29 is 9.53 Å². The van der Waals surface area contributed by atoms with Crippen LogP contribution in [0, 0.1) is 5.92 Å². The summed E-state index contributed by atoms with van der Waals surface area (Å²) in [5, 5.41) is 5.03. The first-order valence-corrected chi connectivity index (χ1v) is 9.76. The highest BCUT2D eigenvalue weighted by Gasteiger charge is 2.22. The van der Waals surface area contributed by atoms with Crippen LogP contribution in [0.3, 0.4) is 0 Å². The lowest BCUT2D eigenvalue weighted by Crippen LogP contribution is -2.48. The third-order valence-electron chi connectivity index (χ3n) is 4.29. The molecule has 5 heteroatoms. The highest BCUT2D eigenvalue weighted by atomic mass is 32.1. The average molecular weight is 359 g/mol. The molecular formula is C20H26N2O2S. The molecule has 2 aromatic rings. The number of hydrogen-bond donors (Lipinski definition) is 1. The van der Waals surface area contributed by atoms with Crippen molar-refractivity contribution in [3.8, 4) is 11.1 Å². The number of benzene rings is 1. The van der Waals surface area contributed by atoms with Gasteiger partial charge in [0.1, 0.15) is 0 Å². The second-order valence-electron chi connectivity index (χ2n) is 6.89. The molecule has 1 saturated heterocycles. The van der Waals surface area contributed by atoms with Crippen LogP contribution in [0.25, 0.3) is 11.1 Å². The van der Waals surface area contributed by atoms with Crippen LogP contribution in [0.5, 0.6) is 0 Å². The molecule has 134 valence electrons. The monoisotopic (exact) mass is 358 g/mol. The molecule has 1 unspecified atom stereocenters. The molecule has 3 rings (SSSR count). The van der Waals surface area contributed by atoms with E-state index in [0.717, 1.165) is 42.2 Å². The Morgan fingerprint density at radius 2 is 2.12 bits per heavy atom. The van der Waals surface area contributed by atoms with E-state index >= 15 is 0 Å². The van der Waals surface area contributed by atoms with Gasteiger partial charge in [0.25, 0.3) is 5.91 Å². The van der Waals surface area contributed by atoms with Gasteiger partial charge in [-0.15, -0.1) is 11.3 Å². The third-order valence-corrected chi connectivity index (χ3v) is 5.21. The number of morpholine rings is 1. The van der Waals surface area contributed by atoms with E-state index in [2.05, 4.69) is 24.1 Å². The van der Waals surface area contributed by atoms with Gasteiger partial charge in [-0.3, -0.25) is 9.69 Å². The van der Waals surface area contributed by atoms with E-state index < -0.39 is 0 Å². The fourth-order valence-electron chi connectivity index (χ4n) is 3.20. The topological polar surface area (TPSA) is 41.6 Å². The Kier molecular flexibility index (Phi) is 6.24. The number of nitrogens with zero attached hydrogens (tertiary/aromatic N) is 1. The number of carbonyl (C=O) groups is 1. The van der Waals surface area contributed by atoms with Crippen molar-refractivity contribution in [1.29, 1.82) is 0 Å². The summed E-state index contributed by atoms with van der Waals surface area (Å²) >= 11 is 1.48. The fraction of sp³-hybridized carbons (Fsp3) is 0.450. The van der Waals surface area contributed by atoms with Crippen LogP contribution in [0.4, 0.5) is 0 Å². The number of rotatable bonds is 6. The Labute approximate surface area is 153 Å². The van der Waals surface area contributed by atoms with E-state index in [9.17, 15) is 4.79 Å². The molecule has 0 saturated carbocycles. The second kappa shape index (κ2) is 8.61. The van der Waals surface area contributed by atoms with Crippen LogP contribution in [-0.4, -0.2) is 49.7 Å². The summed E-state index contributed by atoms with van der Waals surface area (Å²) in [6.45, 7) is 8.69. The first-order valence-electron chi connectivity index (χ1n) is 8.88. The van der Waals surface area contributed by atoms with Gasteiger partial charge in [0.15, 0.2) is 0 Å². The second-order valence-corrected chi connectivity index (χ2v) is 7.80. The highest BCUT2D eigenvalue weighted by Crippen LogP contribution is 2.28. The molecule has 1 atom stereocenters. The number of carbonyl (C=O) groups excluding carboxylic acids is 1. The summed E-state index contributed by atoms with van der Waals surface area (Å²) in [7, 11) is 0. The first-order chi connectivity index (χ1) is 12.1. The quantitative estimate of drug-likeness (QED) is 0.859. The molecule has 1 fully saturated rings. The molecule has 0 aliphatic carbocycles. The van der Waals surface area contributed by atoms with Crippen molar-refractivity contribution in [3.63, 3.8) is 0 Å². The smallest absolute Gasteiger partial charge is 0.262 e. The normalized spacial score (nSPS) is 18.4. The number of thiophene rings is 1. The molecule has 1 aromatic heterocycles. The van der Waals surface area contributed by atoms with E-state index in [-0.39, 0.29) is 12.0 Å². The molecule has 0 bridgehead atoms.